The summed E-state index contributed by atoms with van der Waals surface area (Å²) in [5, 5.41) is 15.2. The van der Waals surface area contributed by atoms with Gasteiger partial charge in [0.05, 0.1) is 22.4 Å². The minimum Gasteiger partial charge on any atom is -0.481 e. The van der Waals surface area contributed by atoms with E-state index in [1.54, 1.807) is 42.5 Å². The second-order valence-corrected chi connectivity index (χ2v) is 9.25. The number of aryl methyl sites for hydroxylation is 1. The Morgan fingerprint density at radius 1 is 0.973 bits per heavy atom. The molecule has 2 heterocycles. The number of para-hydroxylation sites is 1. The first-order chi connectivity index (χ1) is 17.9. The number of amides is 2. The second kappa shape index (κ2) is 10.4. The minimum absolute atomic E-state index is 0.0828. The van der Waals surface area contributed by atoms with Gasteiger partial charge in [-0.05, 0) is 55.7 Å². The zero-order valence-electron chi connectivity index (χ0n) is 19.7. The van der Waals surface area contributed by atoms with Crippen LogP contribution in [0.25, 0.3) is 22.3 Å². The Balaban J connectivity index is 1.45. The van der Waals surface area contributed by atoms with Crippen molar-refractivity contribution in [2.24, 2.45) is 0 Å². The van der Waals surface area contributed by atoms with E-state index < -0.39 is 17.9 Å². The Morgan fingerprint density at radius 3 is 2.54 bits per heavy atom. The number of rotatable bonds is 8. The van der Waals surface area contributed by atoms with Gasteiger partial charge < -0.3 is 15.7 Å². The van der Waals surface area contributed by atoms with Gasteiger partial charge in [0.2, 0.25) is 0 Å². The number of carbonyl (C=O) groups is 3. The molecule has 37 heavy (non-hydrogen) atoms. The first-order valence-electron chi connectivity index (χ1n) is 11.9. The van der Waals surface area contributed by atoms with Gasteiger partial charge in [0, 0.05) is 33.8 Å². The highest BCUT2D eigenvalue weighted by molar-refractivity contribution is 6.30. The molecule has 2 amide bonds. The van der Waals surface area contributed by atoms with Gasteiger partial charge in [0.15, 0.2) is 0 Å². The molecule has 0 fully saturated rings. The molecule has 1 aromatic heterocycles. The van der Waals surface area contributed by atoms with E-state index in [9.17, 15) is 14.4 Å². The largest absolute Gasteiger partial charge is 0.481 e. The number of aliphatic carboxylic acids is 1. The number of hydrogen-bond acceptors (Lipinski definition) is 5. The monoisotopic (exact) mass is 514 g/mol. The first kappa shape index (κ1) is 24.4. The van der Waals surface area contributed by atoms with Crippen LogP contribution < -0.4 is 10.6 Å². The third kappa shape index (κ3) is 5.29. The van der Waals surface area contributed by atoms with Gasteiger partial charge in [-0.1, -0.05) is 41.9 Å². The molecule has 0 saturated carbocycles. The molecule has 3 N–H and O–H groups in total. The Hall–Kier alpha value is -4.30. The van der Waals surface area contributed by atoms with Gasteiger partial charge >= 0.3 is 5.97 Å². The summed E-state index contributed by atoms with van der Waals surface area (Å²) < 4.78 is 0. The van der Waals surface area contributed by atoms with Crippen LogP contribution in [-0.4, -0.2) is 32.9 Å². The summed E-state index contributed by atoms with van der Waals surface area (Å²) in [6.07, 6.45) is 1.76. The third-order valence-corrected chi connectivity index (χ3v) is 6.49. The van der Waals surface area contributed by atoms with Crippen LogP contribution in [0, 0.1) is 0 Å². The number of halogens is 1. The fourth-order valence-electron chi connectivity index (χ4n) is 4.38. The number of aromatic nitrogens is 2. The molecule has 1 aliphatic heterocycles. The molecule has 0 radical (unpaired) electrons. The van der Waals surface area contributed by atoms with Crippen molar-refractivity contribution in [3.05, 3.63) is 88.6 Å². The molecule has 0 saturated heterocycles. The van der Waals surface area contributed by atoms with Crippen LogP contribution in [0.3, 0.4) is 0 Å². The highest BCUT2D eigenvalue weighted by atomic mass is 35.5. The Labute approximate surface area is 217 Å². The molecular formula is C28H23ClN4O4. The van der Waals surface area contributed by atoms with Crippen molar-refractivity contribution in [3.8, 4) is 11.3 Å². The number of carboxylic acid groups (broad SMARTS) is 1. The lowest BCUT2D eigenvalue weighted by molar-refractivity contribution is -0.137. The molecule has 186 valence electrons. The number of benzene rings is 3. The molecule has 4 aromatic rings. The maximum atomic E-state index is 13.1. The van der Waals surface area contributed by atoms with Crippen LogP contribution in [-0.2, 0) is 16.0 Å². The smallest absolute Gasteiger partial charge is 0.303 e. The van der Waals surface area contributed by atoms with Gasteiger partial charge in [0.1, 0.15) is 6.04 Å². The predicted octanol–water partition coefficient (Wildman–Crippen LogP) is 5.17. The van der Waals surface area contributed by atoms with Crippen LogP contribution >= 0.6 is 11.6 Å². The quantitative estimate of drug-likeness (QED) is 0.279. The van der Waals surface area contributed by atoms with Gasteiger partial charge in [-0.2, -0.15) is 0 Å². The fraction of sp³-hybridized carbons (Fsp3) is 0.179. The minimum atomic E-state index is -0.836. The third-order valence-electron chi connectivity index (χ3n) is 6.24. The normalized spacial score (nSPS) is 14.3. The maximum absolute atomic E-state index is 13.1. The van der Waals surface area contributed by atoms with E-state index >= 15 is 0 Å². The summed E-state index contributed by atoms with van der Waals surface area (Å²) in [7, 11) is 0. The van der Waals surface area contributed by atoms with E-state index in [0.29, 0.717) is 58.0 Å². The summed E-state index contributed by atoms with van der Waals surface area (Å²) in [5.74, 6) is -1.52. The lowest BCUT2D eigenvalue weighted by Crippen LogP contribution is -2.32. The molecule has 1 aliphatic rings. The lowest BCUT2D eigenvalue weighted by atomic mass is 10.0. The predicted molar refractivity (Wildman–Crippen MR) is 140 cm³/mol. The molecule has 0 spiro atoms. The van der Waals surface area contributed by atoms with Crippen molar-refractivity contribution in [2.75, 3.05) is 5.32 Å². The average Bonchev–Trinajstić information content (AvgIpc) is 3.21. The number of carboxylic acids is 1. The standard InChI is InChI=1S/C28H23ClN4O4/c29-18-12-9-16(10-13-18)25-22(7-3-4-8-24(34)35)30-23-15-17(11-14-21(23)31-25)27(36)33-26-19-5-1-2-6-20(19)32-28(26)37/h1-2,5-6,9-15,26H,3-4,7-8H2,(H,32,37)(H,33,36)(H,34,35). The molecule has 1 unspecified atom stereocenters. The van der Waals surface area contributed by atoms with Crippen molar-refractivity contribution >= 4 is 46.1 Å². The maximum Gasteiger partial charge on any atom is 0.303 e. The lowest BCUT2D eigenvalue weighted by Gasteiger charge is -2.13. The molecule has 0 bridgehead atoms. The van der Waals surface area contributed by atoms with Gasteiger partial charge in [-0.25, -0.2) is 9.97 Å². The van der Waals surface area contributed by atoms with Gasteiger partial charge in [-0.15, -0.1) is 0 Å². The van der Waals surface area contributed by atoms with Crippen LogP contribution in [0.2, 0.25) is 5.02 Å². The van der Waals surface area contributed by atoms with E-state index in [-0.39, 0.29) is 12.3 Å². The van der Waals surface area contributed by atoms with Gasteiger partial charge in [-0.3, -0.25) is 14.4 Å². The number of carbonyl (C=O) groups excluding carboxylic acids is 2. The van der Waals surface area contributed by atoms with E-state index in [2.05, 4.69) is 10.6 Å². The summed E-state index contributed by atoms with van der Waals surface area (Å²) >= 11 is 6.06. The first-order valence-corrected chi connectivity index (χ1v) is 12.3. The zero-order valence-corrected chi connectivity index (χ0v) is 20.5. The van der Waals surface area contributed by atoms with Crippen molar-refractivity contribution in [2.45, 2.75) is 31.7 Å². The Kier molecular flexibility index (Phi) is 6.83. The Morgan fingerprint density at radius 2 is 1.76 bits per heavy atom. The molecule has 5 rings (SSSR count). The van der Waals surface area contributed by atoms with E-state index in [1.807, 2.05) is 24.3 Å². The number of unbranched alkanes of at least 4 members (excludes halogenated alkanes) is 1. The second-order valence-electron chi connectivity index (χ2n) is 8.81. The molecule has 9 heteroatoms. The summed E-state index contributed by atoms with van der Waals surface area (Å²) in [6, 6.07) is 18.8. The highest BCUT2D eigenvalue weighted by Crippen LogP contribution is 2.31. The number of fused-ring (bicyclic) bond motifs is 2. The molecular weight excluding hydrogens is 492 g/mol. The zero-order chi connectivity index (χ0) is 25.9. The SMILES string of the molecule is O=C(O)CCCCc1nc2cc(C(=O)NC3C(=O)Nc4ccccc43)ccc2nc1-c1ccc(Cl)cc1. The van der Waals surface area contributed by atoms with Crippen LogP contribution in [0.4, 0.5) is 5.69 Å². The van der Waals surface area contributed by atoms with Crippen molar-refractivity contribution < 1.29 is 19.5 Å². The van der Waals surface area contributed by atoms with Crippen LogP contribution in [0.1, 0.15) is 46.9 Å². The van der Waals surface area contributed by atoms with Crippen LogP contribution in [0.15, 0.2) is 66.7 Å². The average molecular weight is 515 g/mol. The molecule has 3 aromatic carbocycles. The number of anilines is 1. The van der Waals surface area contributed by atoms with Gasteiger partial charge in [0.25, 0.3) is 11.8 Å². The molecule has 0 aliphatic carbocycles. The topological polar surface area (TPSA) is 121 Å². The van der Waals surface area contributed by atoms with Crippen LogP contribution in [0.5, 0.6) is 0 Å². The van der Waals surface area contributed by atoms with Crippen molar-refractivity contribution in [1.82, 2.24) is 15.3 Å². The molecule has 1 atom stereocenters. The summed E-state index contributed by atoms with van der Waals surface area (Å²) in [6.45, 7) is 0. The number of hydrogen-bond donors (Lipinski definition) is 3. The fourth-order valence-corrected chi connectivity index (χ4v) is 4.51. The summed E-state index contributed by atoms with van der Waals surface area (Å²) in [4.78, 5) is 46.0. The summed E-state index contributed by atoms with van der Waals surface area (Å²) in [5.41, 5.74) is 5.16. The van der Waals surface area contributed by atoms with Crippen molar-refractivity contribution in [1.29, 1.82) is 0 Å². The molecule has 8 nitrogen and oxygen atoms in total. The van der Waals surface area contributed by atoms with E-state index in [1.165, 1.54) is 0 Å². The number of nitrogens with one attached hydrogen (secondary N) is 2. The van der Waals surface area contributed by atoms with Crippen molar-refractivity contribution in [3.63, 3.8) is 0 Å². The Bertz CT molecular complexity index is 1520. The highest BCUT2D eigenvalue weighted by Gasteiger charge is 2.31. The van der Waals surface area contributed by atoms with E-state index in [4.69, 9.17) is 26.7 Å². The van der Waals surface area contributed by atoms with E-state index in [0.717, 1.165) is 11.1 Å². The number of nitrogens with zero attached hydrogens (tertiary/aromatic N) is 2.